The van der Waals surface area contributed by atoms with Gasteiger partial charge < -0.3 is 10.5 Å². The topological polar surface area (TPSA) is 35.2 Å². The molecule has 94 valence electrons. The van der Waals surface area contributed by atoms with Gasteiger partial charge in [0.1, 0.15) is 5.75 Å². The molecule has 17 heavy (non-hydrogen) atoms. The van der Waals surface area contributed by atoms with Gasteiger partial charge in [-0.15, -0.1) is 0 Å². The fourth-order valence-electron chi connectivity index (χ4n) is 2.43. The lowest BCUT2D eigenvalue weighted by atomic mass is 9.83. The minimum absolute atomic E-state index is 0.0974. The number of fused-ring (bicyclic) bond motifs is 1. The molecule has 1 heterocycles. The van der Waals surface area contributed by atoms with Crippen molar-refractivity contribution in [2.45, 2.75) is 52.0 Å². The molecule has 2 rings (SSSR count). The van der Waals surface area contributed by atoms with Crippen molar-refractivity contribution in [1.82, 2.24) is 0 Å². The Morgan fingerprint density at radius 1 is 1.29 bits per heavy atom. The van der Waals surface area contributed by atoms with Gasteiger partial charge in [-0.3, -0.25) is 0 Å². The van der Waals surface area contributed by atoms with Crippen LogP contribution in [0.3, 0.4) is 0 Å². The van der Waals surface area contributed by atoms with Gasteiger partial charge in [0.25, 0.3) is 0 Å². The first-order valence-corrected chi connectivity index (χ1v) is 6.43. The lowest BCUT2D eigenvalue weighted by Gasteiger charge is -2.25. The van der Waals surface area contributed by atoms with Crippen molar-refractivity contribution in [3.8, 4) is 5.75 Å². The van der Waals surface area contributed by atoms with Crippen LogP contribution in [0.2, 0.25) is 0 Å². The summed E-state index contributed by atoms with van der Waals surface area (Å²) in [7, 11) is 0. The van der Waals surface area contributed by atoms with Crippen molar-refractivity contribution in [2.24, 2.45) is 5.73 Å². The Morgan fingerprint density at radius 3 is 2.65 bits per heavy atom. The molecule has 0 bridgehead atoms. The van der Waals surface area contributed by atoms with Gasteiger partial charge >= 0.3 is 0 Å². The molecule has 0 saturated heterocycles. The van der Waals surface area contributed by atoms with Crippen LogP contribution in [0.25, 0.3) is 0 Å². The molecule has 0 radical (unpaired) electrons. The maximum atomic E-state index is 6.25. The van der Waals surface area contributed by atoms with Crippen LogP contribution < -0.4 is 10.5 Å². The highest BCUT2D eigenvalue weighted by atomic mass is 16.5. The van der Waals surface area contributed by atoms with Crippen LogP contribution >= 0.6 is 0 Å². The number of rotatable bonds is 0. The van der Waals surface area contributed by atoms with E-state index in [1.54, 1.807) is 0 Å². The zero-order valence-corrected chi connectivity index (χ0v) is 11.3. The first-order chi connectivity index (χ1) is 7.89. The first-order valence-electron chi connectivity index (χ1n) is 6.43. The van der Waals surface area contributed by atoms with Gasteiger partial charge in [0.2, 0.25) is 0 Å². The fourth-order valence-corrected chi connectivity index (χ4v) is 2.43. The van der Waals surface area contributed by atoms with E-state index < -0.39 is 0 Å². The molecular weight excluding hydrogens is 210 g/mol. The second-order valence-corrected chi connectivity index (χ2v) is 6.08. The average Bonchev–Trinajstić information content (AvgIpc) is 2.39. The van der Waals surface area contributed by atoms with E-state index in [4.69, 9.17) is 10.5 Å². The molecule has 1 aromatic rings. The number of nitrogens with two attached hydrogens (primary N) is 1. The highest BCUT2D eigenvalue weighted by molar-refractivity contribution is 5.49. The van der Waals surface area contributed by atoms with Crippen molar-refractivity contribution in [2.75, 3.05) is 6.61 Å². The fraction of sp³-hybridized carbons (Fsp3) is 0.600. The second-order valence-electron chi connectivity index (χ2n) is 6.08. The van der Waals surface area contributed by atoms with E-state index in [9.17, 15) is 0 Å². The molecule has 0 aliphatic carbocycles. The summed E-state index contributed by atoms with van der Waals surface area (Å²) in [4.78, 5) is 0. The van der Waals surface area contributed by atoms with Gasteiger partial charge in [0.05, 0.1) is 6.61 Å². The summed E-state index contributed by atoms with van der Waals surface area (Å²) in [6, 6.07) is 4.53. The minimum Gasteiger partial charge on any atom is -0.493 e. The third-order valence-electron chi connectivity index (χ3n) is 3.38. The highest BCUT2D eigenvalue weighted by Gasteiger charge is 2.25. The second kappa shape index (κ2) is 4.34. The standard InChI is InChI=1S/C15H23NO/c1-10-8-11-13(16)6-5-7-17-14(11)12(9-10)15(2,3)4/h8-9,13H,5-7,16H2,1-4H3. The Morgan fingerprint density at radius 2 is 2.00 bits per heavy atom. The SMILES string of the molecule is Cc1cc2c(c(C(C)(C)C)c1)OCCCC2N. The van der Waals surface area contributed by atoms with Crippen molar-refractivity contribution in [3.63, 3.8) is 0 Å². The van der Waals surface area contributed by atoms with Crippen LogP contribution in [-0.4, -0.2) is 6.61 Å². The molecule has 2 N–H and O–H groups in total. The predicted molar refractivity (Wildman–Crippen MR) is 71.5 cm³/mol. The molecule has 1 aromatic carbocycles. The molecule has 1 atom stereocenters. The van der Waals surface area contributed by atoms with Gasteiger partial charge in [-0.1, -0.05) is 38.5 Å². The van der Waals surface area contributed by atoms with E-state index in [0.717, 1.165) is 25.2 Å². The van der Waals surface area contributed by atoms with Gasteiger partial charge in [0, 0.05) is 17.2 Å². The number of aryl methyl sites for hydroxylation is 1. The maximum Gasteiger partial charge on any atom is 0.127 e. The zero-order valence-electron chi connectivity index (χ0n) is 11.3. The molecule has 2 heteroatoms. The van der Waals surface area contributed by atoms with Crippen molar-refractivity contribution >= 4 is 0 Å². The van der Waals surface area contributed by atoms with Crippen LogP contribution in [0.5, 0.6) is 5.75 Å². The summed E-state index contributed by atoms with van der Waals surface area (Å²) in [5.41, 5.74) is 10.1. The molecule has 0 amide bonds. The molecule has 2 nitrogen and oxygen atoms in total. The zero-order chi connectivity index (χ0) is 12.6. The van der Waals surface area contributed by atoms with E-state index in [1.807, 2.05) is 0 Å². The van der Waals surface area contributed by atoms with E-state index in [0.29, 0.717) is 0 Å². The van der Waals surface area contributed by atoms with Crippen molar-refractivity contribution in [3.05, 3.63) is 28.8 Å². The van der Waals surface area contributed by atoms with E-state index in [2.05, 4.69) is 39.8 Å². The number of benzene rings is 1. The first kappa shape index (κ1) is 12.4. The number of hydrogen-bond acceptors (Lipinski definition) is 2. The van der Waals surface area contributed by atoms with Gasteiger partial charge in [-0.05, 0) is 25.2 Å². The lowest BCUT2D eigenvalue weighted by molar-refractivity contribution is 0.308. The molecule has 1 unspecified atom stereocenters. The predicted octanol–water partition coefficient (Wildman–Crippen LogP) is 3.46. The van der Waals surface area contributed by atoms with Gasteiger partial charge in [0.15, 0.2) is 0 Å². The quantitative estimate of drug-likeness (QED) is 0.744. The minimum atomic E-state index is 0.0974. The molecule has 0 saturated carbocycles. The van der Waals surface area contributed by atoms with E-state index >= 15 is 0 Å². The molecule has 0 aromatic heterocycles. The summed E-state index contributed by atoms with van der Waals surface area (Å²) in [6.45, 7) is 9.59. The van der Waals surface area contributed by atoms with Crippen LogP contribution in [0.15, 0.2) is 12.1 Å². The monoisotopic (exact) mass is 233 g/mol. The Balaban J connectivity index is 2.61. The Hall–Kier alpha value is -1.02. The third-order valence-corrected chi connectivity index (χ3v) is 3.38. The van der Waals surface area contributed by atoms with Crippen LogP contribution in [-0.2, 0) is 5.41 Å². The summed E-state index contributed by atoms with van der Waals surface area (Å²) in [5.74, 6) is 1.04. The van der Waals surface area contributed by atoms with Gasteiger partial charge in [-0.25, -0.2) is 0 Å². The third kappa shape index (κ3) is 2.47. The van der Waals surface area contributed by atoms with Crippen LogP contribution in [0.1, 0.15) is 56.3 Å². The molecular formula is C15H23NO. The highest BCUT2D eigenvalue weighted by Crippen LogP contribution is 2.39. The summed E-state index contributed by atoms with van der Waals surface area (Å²) < 4.78 is 5.95. The Bertz CT molecular complexity index is 418. The maximum absolute atomic E-state index is 6.25. The summed E-state index contributed by atoms with van der Waals surface area (Å²) in [5, 5.41) is 0. The summed E-state index contributed by atoms with van der Waals surface area (Å²) in [6.07, 6.45) is 2.05. The lowest BCUT2D eigenvalue weighted by Crippen LogP contribution is -2.16. The van der Waals surface area contributed by atoms with Crippen molar-refractivity contribution < 1.29 is 4.74 Å². The van der Waals surface area contributed by atoms with E-state index in [1.165, 1.54) is 16.7 Å². The van der Waals surface area contributed by atoms with Gasteiger partial charge in [-0.2, -0.15) is 0 Å². The number of hydrogen-bond donors (Lipinski definition) is 1. The Kier molecular flexibility index (Phi) is 3.17. The largest absolute Gasteiger partial charge is 0.493 e. The molecule has 0 spiro atoms. The molecule has 0 fully saturated rings. The smallest absolute Gasteiger partial charge is 0.127 e. The molecule has 1 aliphatic heterocycles. The number of ether oxygens (including phenoxy) is 1. The Labute approximate surface area is 104 Å². The normalized spacial score (nSPS) is 20.4. The van der Waals surface area contributed by atoms with Crippen molar-refractivity contribution in [1.29, 1.82) is 0 Å². The molecule has 1 aliphatic rings. The van der Waals surface area contributed by atoms with E-state index in [-0.39, 0.29) is 11.5 Å². The van der Waals surface area contributed by atoms with Crippen LogP contribution in [0.4, 0.5) is 0 Å². The average molecular weight is 233 g/mol. The van der Waals surface area contributed by atoms with Crippen LogP contribution in [0, 0.1) is 6.92 Å². The summed E-state index contributed by atoms with van der Waals surface area (Å²) >= 11 is 0.